The van der Waals surface area contributed by atoms with Gasteiger partial charge in [0, 0.05) is 24.8 Å². The van der Waals surface area contributed by atoms with Crippen LogP contribution in [0.2, 0.25) is 5.02 Å². The zero-order valence-corrected chi connectivity index (χ0v) is 13.3. The van der Waals surface area contributed by atoms with Crippen molar-refractivity contribution in [2.45, 2.75) is 19.4 Å². The number of aromatic amines is 1. The molecule has 1 N–H and O–H groups in total. The topological polar surface area (TPSA) is 62.4 Å². The van der Waals surface area contributed by atoms with Gasteiger partial charge in [-0.25, -0.2) is 4.79 Å². The second-order valence-corrected chi connectivity index (χ2v) is 5.94. The van der Waals surface area contributed by atoms with Crippen LogP contribution in [0.15, 0.2) is 36.5 Å². The van der Waals surface area contributed by atoms with Gasteiger partial charge in [-0.15, -0.1) is 0 Å². The van der Waals surface area contributed by atoms with Gasteiger partial charge in [-0.3, -0.25) is 4.79 Å². The summed E-state index contributed by atoms with van der Waals surface area (Å²) in [6.07, 6.45) is 3.67. The quantitative estimate of drug-likeness (QED) is 0.874. The molecule has 0 atom stereocenters. The van der Waals surface area contributed by atoms with E-state index in [1.54, 1.807) is 24.3 Å². The lowest BCUT2D eigenvalue weighted by atomic mass is 10.1. The number of nitrogens with one attached hydrogen (secondary N) is 1. The Balaban J connectivity index is 1.57. The van der Waals surface area contributed by atoms with Crippen molar-refractivity contribution < 1.29 is 14.3 Å². The first kappa shape index (κ1) is 15.6. The van der Waals surface area contributed by atoms with Crippen molar-refractivity contribution in [3.8, 4) is 0 Å². The van der Waals surface area contributed by atoms with Gasteiger partial charge in [0.1, 0.15) is 12.3 Å². The van der Waals surface area contributed by atoms with Crippen LogP contribution in [-0.4, -0.2) is 34.8 Å². The molecule has 120 valence electrons. The molecule has 0 spiro atoms. The lowest BCUT2D eigenvalue weighted by Gasteiger charge is -2.15. The van der Waals surface area contributed by atoms with Crippen molar-refractivity contribution in [2.75, 3.05) is 13.1 Å². The summed E-state index contributed by atoms with van der Waals surface area (Å²) in [4.78, 5) is 28.6. The van der Waals surface area contributed by atoms with E-state index < -0.39 is 5.97 Å². The molecular weight excluding hydrogens is 316 g/mol. The molecule has 3 rings (SSSR count). The van der Waals surface area contributed by atoms with Gasteiger partial charge in [-0.05, 0) is 36.6 Å². The number of benzene rings is 1. The molecule has 0 bridgehead atoms. The lowest BCUT2D eigenvalue weighted by Crippen LogP contribution is -2.27. The van der Waals surface area contributed by atoms with Crippen LogP contribution in [0.4, 0.5) is 0 Å². The average molecular weight is 333 g/mol. The van der Waals surface area contributed by atoms with Crippen molar-refractivity contribution in [1.29, 1.82) is 0 Å². The van der Waals surface area contributed by atoms with Gasteiger partial charge in [0.15, 0.2) is 0 Å². The Kier molecular flexibility index (Phi) is 4.67. The largest absolute Gasteiger partial charge is 0.456 e. The molecule has 1 saturated heterocycles. The number of hydrogen-bond acceptors (Lipinski definition) is 3. The van der Waals surface area contributed by atoms with Crippen LogP contribution in [0.3, 0.4) is 0 Å². The Bertz CT molecular complexity index is 703. The third kappa shape index (κ3) is 3.74. The monoisotopic (exact) mass is 332 g/mol. The van der Waals surface area contributed by atoms with Crippen LogP contribution in [0.1, 0.15) is 39.3 Å². The molecular formula is C17H17ClN2O3. The minimum atomic E-state index is -0.464. The van der Waals surface area contributed by atoms with E-state index in [0.717, 1.165) is 31.5 Å². The van der Waals surface area contributed by atoms with E-state index >= 15 is 0 Å². The summed E-state index contributed by atoms with van der Waals surface area (Å²) in [5.74, 6) is -0.402. The molecule has 0 aliphatic carbocycles. The molecule has 0 radical (unpaired) electrons. The van der Waals surface area contributed by atoms with Crippen LogP contribution in [0.5, 0.6) is 0 Å². The first-order valence-corrected chi connectivity index (χ1v) is 7.90. The molecule has 5 nitrogen and oxygen atoms in total. The first-order valence-electron chi connectivity index (χ1n) is 7.53. The van der Waals surface area contributed by atoms with E-state index in [-0.39, 0.29) is 12.5 Å². The highest BCUT2D eigenvalue weighted by Gasteiger charge is 2.19. The molecule has 23 heavy (non-hydrogen) atoms. The van der Waals surface area contributed by atoms with E-state index in [4.69, 9.17) is 16.3 Å². The SMILES string of the molecule is O=C(OCc1ccc(C(=O)N2CCCC2)cc1)c1cc(Cl)c[nH]1. The number of rotatable bonds is 4. The van der Waals surface area contributed by atoms with Crippen LogP contribution in [-0.2, 0) is 11.3 Å². The Labute approximate surface area is 139 Å². The van der Waals surface area contributed by atoms with Crippen molar-refractivity contribution >= 4 is 23.5 Å². The van der Waals surface area contributed by atoms with Crippen molar-refractivity contribution in [3.63, 3.8) is 0 Å². The van der Waals surface area contributed by atoms with E-state index in [0.29, 0.717) is 16.3 Å². The second kappa shape index (κ2) is 6.87. The smallest absolute Gasteiger partial charge is 0.355 e. The second-order valence-electron chi connectivity index (χ2n) is 5.50. The summed E-state index contributed by atoms with van der Waals surface area (Å²) in [6, 6.07) is 8.67. The Morgan fingerprint density at radius 3 is 2.48 bits per heavy atom. The van der Waals surface area contributed by atoms with Crippen LogP contribution < -0.4 is 0 Å². The normalized spacial score (nSPS) is 14.0. The Hall–Kier alpha value is -2.27. The van der Waals surface area contributed by atoms with Crippen LogP contribution >= 0.6 is 11.6 Å². The van der Waals surface area contributed by atoms with Gasteiger partial charge in [-0.2, -0.15) is 0 Å². The van der Waals surface area contributed by atoms with Gasteiger partial charge >= 0.3 is 5.97 Å². The third-order valence-corrected chi connectivity index (χ3v) is 4.05. The average Bonchev–Trinajstić information content (AvgIpc) is 3.24. The molecule has 1 amide bonds. The number of likely N-dealkylation sites (tertiary alicyclic amines) is 1. The van der Waals surface area contributed by atoms with E-state index in [9.17, 15) is 9.59 Å². The number of carbonyl (C=O) groups is 2. The summed E-state index contributed by atoms with van der Waals surface area (Å²) in [5.41, 5.74) is 1.81. The zero-order chi connectivity index (χ0) is 16.2. The molecule has 1 aliphatic heterocycles. The molecule has 2 aromatic rings. The first-order chi connectivity index (χ1) is 11.1. The number of amides is 1. The van der Waals surface area contributed by atoms with Gasteiger partial charge in [0.2, 0.25) is 0 Å². The number of nitrogens with zero attached hydrogens (tertiary/aromatic N) is 1. The molecule has 1 aliphatic rings. The summed E-state index contributed by atoms with van der Waals surface area (Å²) < 4.78 is 5.20. The number of ether oxygens (including phenoxy) is 1. The molecule has 2 heterocycles. The van der Waals surface area contributed by atoms with Crippen molar-refractivity contribution in [2.24, 2.45) is 0 Å². The van der Waals surface area contributed by atoms with E-state index in [1.807, 2.05) is 4.90 Å². The molecule has 1 fully saturated rings. The minimum absolute atomic E-state index is 0.0621. The third-order valence-electron chi connectivity index (χ3n) is 3.83. The van der Waals surface area contributed by atoms with E-state index in [2.05, 4.69) is 4.98 Å². The predicted octanol–water partition coefficient (Wildman–Crippen LogP) is 3.26. The van der Waals surface area contributed by atoms with Gasteiger partial charge < -0.3 is 14.6 Å². The van der Waals surface area contributed by atoms with Gasteiger partial charge in [-0.1, -0.05) is 23.7 Å². The lowest BCUT2D eigenvalue weighted by molar-refractivity contribution is 0.0466. The number of aromatic nitrogens is 1. The minimum Gasteiger partial charge on any atom is -0.456 e. The van der Waals surface area contributed by atoms with Crippen molar-refractivity contribution in [3.05, 3.63) is 58.4 Å². The Morgan fingerprint density at radius 2 is 1.87 bits per heavy atom. The fraction of sp³-hybridized carbons (Fsp3) is 0.294. The highest BCUT2D eigenvalue weighted by molar-refractivity contribution is 6.30. The van der Waals surface area contributed by atoms with Gasteiger partial charge in [0.25, 0.3) is 5.91 Å². The van der Waals surface area contributed by atoms with Gasteiger partial charge in [0.05, 0.1) is 5.02 Å². The maximum atomic E-state index is 12.2. The van der Waals surface area contributed by atoms with Crippen LogP contribution in [0, 0.1) is 0 Å². The number of halogens is 1. The highest BCUT2D eigenvalue weighted by atomic mass is 35.5. The molecule has 1 aromatic carbocycles. The number of esters is 1. The molecule has 0 unspecified atom stereocenters. The predicted molar refractivity (Wildman–Crippen MR) is 86.5 cm³/mol. The number of hydrogen-bond donors (Lipinski definition) is 1. The molecule has 0 saturated carbocycles. The maximum absolute atomic E-state index is 12.2. The standard InChI is InChI=1S/C17H17ClN2O3/c18-14-9-15(19-10-14)17(22)23-11-12-3-5-13(6-4-12)16(21)20-7-1-2-8-20/h3-6,9-10,19H,1-2,7-8,11H2. The summed E-state index contributed by atoms with van der Waals surface area (Å²) in [6.45, 7) is 1.81. The van der Waals surface area contributed by atoms with E-state index in [1.165, 1.54) is 12.3 Å². The maximum Gasteiger partial charge on any atom is 0.355 e. The summed E-state index contributed by atoms with van der Waals surface area (Å²) in [5, 5.41) is 0.460. The summed E-state index contributed by atoms with van der Waals surface area (Å²) >= 11 is 5.75. The fourth-order valence-electron chi connectivity index (χ4n) is 2.56. The number of H-pyrrole nitrogens is 1. The highest BCUT2D eigenvalue weighted by Crippen LogP contribution is 2.15. The molecule has 1 aromatic heterocycles. The number of carbonyl (C=O) groups excluding carboxylic acids is 2. The molecule has 6 heteroatoms. The van der Waals surface area contributed by atoms with Crippen LogP contribution in [0.25, 0.3) is 0 Å². The zero-order valence-electron chi connectivity index (χ0n) is 12.5. The fourth-order valence-corrected chi connectivity index (χ4v) is 2.72. The van der Waals surface area contributed by atoms with Crippen molar-refractivity contribution in [1.82, 2.24) is 9.88 Å². The Morgan fingerprint density at radius 1 is 1.17 bits per heavy atom. The summed E-state index contributed by atoms with van der Waals surface area (Å²) in [7, 11) is 0.